The van der Waals surface area contributed by atoms with Gasteiger partial charge in [-0.3, -0.25) is 14.9 Å². The molecule has 3 N–H and O–H groups in total. The first-order valence-corrected chi connectivity index (χ1v) is 22.6. The smallest absolute Gasteiger partial charge is 0.420 e. The fourth-order valence-electron chi connectivity index (χ4n) is 6.39. The van der Waals surface area contributed by atoms with E-state index in [0.717, 1.165) is 16.1 Å². The van der Waals surface area contributed by atoms with E-state index in [1.807, 2.05) is 60.7 Å². The number of nitrogens with zero attached hydrogens (tertiary/aromatic N) is 9. The van der Waals surface area contributed by atoms with Crippen LogP contribution in [0.3, 0.4) is 0 Å². The summed E-state index contributed by atoms with van der Waals surface area (Å²) in [6.07, 6.45) is -3.22. The summed E-state index contributed by atoms with van der Waals surface area (Å²) >= 11 is 0.950. The quantitative estimate of drug-likeness (QED) is 0.0152. The second kappa shape index (κ2) is 20.7. The molecule has 3 heterocycles. The first kappa shape index (κ1) is 50.8. The van der Waals surface area contributed by atoms with Crippen LogP contribution in [0.5, 0.6) is 0 Å². The number of azide groups is 1. The molecule has 5 amide bonds. The van der Waals surface area contributed by atoms with Crippen LogP contribution in [0.2, 0.25) is 0 Å². The number of ether oxygens (including phenoxy) is 4. The predicted molar refractivity (Wildman–Crippen MR) is 247 cm³/mol. The van der Waals surface area contributed by atoms with Gasteiger partial charge in [-0.25, -0.2) is 29.1 Å². The van der Waals surface area contributed by atoms with Gasteiger partial charge in [-0.2, -0.15) is 15.0 Å². The SMILES string of the molecule is CC(C)(C)OC(=O)Nc1nc(/C(=N/OC2(C(=O)OC(c3ccccc3)c3ccccc3)CC2)C(=O)N[C@@H]2C(=O)N[C@@H]2Cn2nc(CN=[N+]=[N-])c(CN(C(=O)OC(C)(C)C)C(=O)OC(C)(C)C)n2)cs1. The van der Waals surface area contributed by atoms with Crippen LogP contribution >= 0.6 is 11.3 Å². The van der Waals surface area contributed by atoms with Crippen LogP contribution in [0.25, 0.3) is 10.4 Å². The Balaban J connectivity index is 1.24. The molecule has 1 aliphatic heterocycles. The maximum absolute atomic E-state index is 14.2. The van der Waals surface area contributed by atoms with E-state index in [0.29, 0.717) is 16.0 Å². The van der Waals surface area contributed by atoms with Crippen molar-refractivity contribution in [3.63, 3.8) is 0 Å². The molecule has 0 unspecified atom stereocenters. The molecule has 2 aliphatic rings. The second-order valence-corrected chi connectivity index (χ2v) is 19.8. The van der Waals surface area contributed by atoms with Gasteiger partial charge in [0.05, 0.1) is 31.4 Å². The largest absolute Gasteiger partial charge is 0.450 e. The van der Waals surface area contributed by atoms with Crippen molar-refractivity contribution in [2.24, 2.45) is 10.3 Å². The molecular formula is C45H54N12O11S. The average Bonchev–Trinajstić information content (AvgIpc) is 3.76. The second-order valence-electron chi connectivity index (χ2n) is 18.9. The average molecular weight is 971 g/mol. The number of benzene rings is 2. The van der Waals surface area contributed by atoms with Gasteiger partial charge in [-0.1, -0.05) is 70.9 Å². The van der Waals surface area contributed by atoms with Gasteiger partial charge in [-0.15, -0.1) is 11.3 Å². The van der Waals surface area contributed by atoms with Crippen molar-refractivity contribution in [2.45, 2.75) is 135 Å². The number of carbonyl (C=O) groups is 6. The minimum atomic E-state index is -1.56. The summed E-state index contributed by atoms with van der Waals surface area (Å²) in [5.41, 5.74) is 5.81. The molecule has 1 saturated carbocycles. The lowest BCUT2D eigenvalue weighted by Crippen LogP contribution is -2.70. The van der Waals surface area contributed by atoms with Crippen molar-refractivity contribution in [3.05, 3.63) is 105 Å². The lowest BCUT2D eigenvalue weighted by Gasteiger charge is -2.36. The van der Waals surface area contributed by atoms with Crippen LogP contribution in [-0.2, 0) is 57.8 Å². The van der Waals surface area contributed by atoms with Crippen molar-refractivity contribution in [1.82, 2.24) is 35.5 Å². The number of rotatable bonds is 16. The van der Waals surface area contributed by atoms with E-state index in [-0.39, 0.29) is 48.1 Å². The number of hydrogen-bond donors (Lipinski definition) is 3. The number of thiazole rings is 1. The van der Waals surface area contributed by atoms with Gasteiger partial charge < -0.3 is 34.4 Å². The molecule has 23 nitrogen and oxygen atoms in total. The summed E-state index contributed by atoms with van der Waals surface area (Å²) in [6, 6.07) is 16.3. The monoisotopic (exact) mass is 970 g/mol. The number of carbonyl (C=O) groups excluding carboxylic acids is 6. The standard InChI is InChI=1S/C45H54N12O11S/c1-42(2,3)65-39(61)51-38-49-31(25-69-38)33(54-68-45(20-21-45)37(60)64-34(26-16-12-10-13-17-26)27-18-14-11-15-19-27)36(59)50-32-30(48-35(32)58)24-57-52-28(22-47-55-46)29(53-57)23-56(40(62)66-43(4,5)6)41(63)67-44(7,8)9/h10-19,25,30,32,34H,20-24H2,1-9H3,(H,48,58)(H,50,59)(H,49,51,61)/b54-33-/t30-,32+/m1/s1. The Morgan fingerprint density at radius 3 is 1.97 bits per heavy atom. The van der Waals surface area contributed by atoms with Crippen LogP contribution < -0.4 is 16.0 Å². The predicted octanol–water partition coefficient (Wildman–Crippen LogP) is 6.83. The number of β-lactam (4-membered cyclic amide) rings is 1. The van der Waals surface area contributed by atoms with Crippen molar-refractivity contribution in [1.29, 1.82) is 0 Å². The van der Waals surface area contributed by atoms with Gasteiger partial charge in [0.25, 0.3) is 5.91 Å². The normalized spacial score (nSPS) is 16.4. The zero-order chi connectivity index (χ0) is 50.3. The third-order valence-electron chi connectivity index (χ3n) is 9.67. The van der Waals surface area contributed by atoms with Crippen molar-refractivity contribution in [3.8, 4) is 0 Å². The Bertz CT molecular complexity index is 2560. The van der Waals surface area contributed by atoms with E-state index < -0.39 is 88.9 Å². The Labute approximate surface area is 400 Å². The zero-order valence-electron chi connectivity index (χ0n) is 39.5. The number of imide groups is 1. The van der Waals surface area contributed by atoms with Crippen molar-refractivity contribution in [2.75, 3.05) is 5.32 Å². The highest BCUT2D eigenvalue weighted by atomic mass is 32.1. The molecule has 24 heteroatoms. The van der Waals surface area contributed by atoms with Gasteiger partial charge in [0.1, 0.15) is 34.2 Å². The highest BCUT2D eigenvalue weighted by Crippen LogP contribution is 2.43. The first-order valence-electron chi connectivity index (χ1n) is 21.7. The highest BCUT2D eigenvalue weighted by Gasteiger charge is 2.56. The summed E-state index contributed by atoms with van der Waals surface area (Å²) in [5, 5.41) is 25.9. The molecular weight excluding hydrogens is 917 g/mol. The minimum absolute atomic E-state index is 0.0436. The van der Waals surface area contributed by atoms with Crippen LogP contribution in [-0.4, -0.2) is 101 Å². The molecule has 2 fully saturated rings. The van der Waals surface area contributed by atoms with E-state index in [1.54, 1.807) is 62.3 Å². The summed E-state index contributed by atoms with van der Waals surface area (Å²) < 4.78 is 22.4. The van der Waals surface area contributed by atoms with Gasteiger partial charge in [0.2, 0.25) is 11.5 Å². The number of anilines is 1. The molecule has 1 saturated heterocycles. The van der Waals surface area contributed by atoms with E-state index in [2.05, 4.69) is 46.3 Å². The number of esters is 1. The van der Waals surface area contributed by atoms with Gasteiger partial charge >= 0.3 is 24.2 Å². The van der Waals surface area contributed by atoms with Crippen LogP contribution in [0.4, 0.5) is 19.5 Å². The van der Waals surface area contributed by atoms with E-state index in [9.17, 15) is 28.8 Å². The van der Waals surface area contributed by atoms with E-state index in [4.69, 9.17) is 29.3 Å². The Hall–Kier alpha value is -7.59. The summed E-state index contributed by atoms with van der Waals surface area (Å²) in [6.45, 7) is 13.8. The lowest BCUT2D eigenvalue weighted by molar-refractivity contribution is -0.164. The number of amides is 5. The Morgan fingerprint density at radius 1 is 0.884 bits per heavy atom. The summed E-state index contributed by atoms with van der Waals surface area (Å²) in [4.78, 5) is 95.4. The van der Waals surface area contributed by atoms with Crippen LogP contribution in [0.1, 0.15) is 109 Å². The summed E-state index contributed by atoms with van der Waals surface area (Å²) in [5.74, 6) is -2.25. The first-order chi connectivity index (χ1) is 32.4. The van der Waals surface area contributed by atoms with Gasteiger partial charge in [-0.05, 0) is 79.0 Å². The van der Waals surface area contributed by atoms with Crippen LogP contribution in [0, 0.1) is 0 Å². The number of aromatic nitrogens is 4. The molecule has 2 aromatic carbocycles. The van der Waals surface area contributed by atoms with Gasteiger partial charge in [0, 0.05) is 23.1 Å². The lowest BCUT2D eigenvalue weighted by atomic mass is 9.98. The Kier molecular flexibility index (Phi) is 15.3. The molecule has 0 radical (unpaired) electrons. The third-order valence-corrected chi connectivity index (χ3v) is 10.4. The minimum Gasteiger partial charge on any atom is -0.450 e. The van der Waals surface area contributed by atoms with Gasteiger partial charge in [0.15, 0.2) is 16.9 Å². The third kappa shape index (κ3) is 14.0. The molecule has 2 atom stereocenters. The molecule has 366 valence electrons. The highest BCUT2D eigenvalue weighted by molar-refractivity contribution is 7.14. The topological polar surface area (TPSA) is 293 Å². The molecule has 0 bridgehead atoms. The molecule has 0 spiro atoms. The fourth-order valence-corrected chi connectivity index (χ4v) is 7.07. The number of oxime groups is 1. The van der Waals surface area contributed by atoms with Crippen LogP contribution in [0.15, 0.2) is 76.3 Å². The number of nitrogens with one attached hydrogen (secondary N) is 3. The molecule has 69 heavy (non-hydrogen) atoms. The molecule has 4 aromatic rings. The molecule has 1 aliphatic carbocycles. The van der Waals surface area contributed by atoms with Crippen molar-refractivity contribution >= 4 is 58.2 Å². The zero-order valence-corrected chi connectivity index (χ0v) is 40.4. The number of hydrogen-bond acceptors (Lipinski definition) is 17. The fraction of sp³-hybridized carbons (Fsp3) is 0.467. The molecule has 6 rings (SSSR count). The molecule has 2 aromatic heterocycles. The van der Waals surface area contributed by atoms with E-state index in [1.165, 1.54) is 5.38 Å². The maximum atomic E-state index is 14.2. The Morgan fingerprint density at radius 2 is 1.45 bits per heavy atom. The summed E-state index contributed by atoms with van der Waals surface area (Å²) in [7, 11) is 0. The maximum Gasteiger partial charge on any atom is 0.420 e. The van der Waals surface area contributed by atoms with E-state index >= 15 is 0 Å². The van der Waals surface area contributed by atoms with Crippen molar-refractivity contribution < 1.29 is 52.6 Å².